The highest BCUT2D eigenvalue weighted by atomic mass is 35.5. The summed E-state index contributed by atoms with van der Waals surface area (Å²) in [5, 5.41) is 3.88. The molecule has 1 N–H and O–H groups in total. The first-order valence-electron chi connectivity index (χ1n) is 9.32. The number of esters is 1. The second kappa shape index (κ2) is 8.97. The van der Waals surface area contributed by atoms with E-state index in [4.69, 9.17) is 32.4 Å². The second-order valence-corrected chi connectivity index (χ2v) is 7.64. The van der Waals surface area contributed by atoms with Crippen LogP contribution in [0.25, 0.3) is 11.3 Å². The lowest BCUT2D eigenvalue weighted by Gasteiger charge is -2.27. The van der Waals surface area contributed by atoms with Crippen molar-refractivity contribution in [1.82, 2.24) is 10.3 Å². The van der Waals surface area contributed by atoms with E-state index in [2.05, 4.69) is 10.3 Å². The van der Waals surface area contributed by atoms with Crippen LogP contribution in [0, 0.1) is 0 Å². The summed E-state index contributed by atoms with van der Waals surface area (Å²) in [6.45, 7) is 2.05. The standard InChI is InChI=1S/C20H22Cl2N2O4/c1-2-27-19(26)20(9-3-4-10-20)24-17(25)7-8-18-23-12-16(28-18)14-6-5-13(21)11-15(14)22/h5-6,11-12H,2-4,7-10H2,1H3,(H,24,25). The molecule has 1 aliphatic rings. The van der Waals surface area contributed by atoms with Gasteiger partial charge in [-0.15, -0.1) is 0 Å². The van der Waals surface area contributed by atoms with Crippen LogP contribution in [0.1, 0.15) is 44.9 Å². The molecule has 2 aromatic rings. The molecule has 0 unspecified atom stereocenters. The van der Waals surface area contributed by atoms with Crippen LogP contribution in [0.2, 0.25) is 10.0 Å². The molecule has 1 fully saturated rings. The number of nitrogens with one attached hydrogen (secondary N) is 1. The van der Waals surface area contributed by atoms with Crippen LogP contribution >= 0.6 is 23.2 Å². The van der Waals surface area contributed by atoms with Crippen LogP contribution in [0.3, 0.4) is 0 Å². The molecule has 6 nitrogen and oxygen atoms in total. The number of hydrogen-bond acceptors (Lipinski definition) is 5. The Morgan fingerprint density at radius 1 is 1.29 bits per heavy atom. The van der Waals surface area contributed by atoms with Crippen molar-refractivity contribution < 1.29 is 18.7 Å². The van der Waals surface area contributed by atoms with Gasteiger partial charge in [-0.2, -0.15) is 0 Å². The van der Waals surface area contributed by atoms with Gasteiger partial charge in [0.15, 0.2) is 11.7 Å². The van der Waals surface area contributed by atoms with Gasteiger partial charge in [-0.1, -0.05) is 36.0 Å². The zero-order chi connectivity index (χ0) is 20.1. The maximum atomic E-state index is 12.4. The van der Waals surface area contributed by atoms with Crippen LogP contribution in [-0.4, -0.2) is 29.0 Å². The summed E-state index contributed by atoms with van der Waals surface area (Å²) >= 11 is 12.1. The predicted molar refractivity (Wildman–Crippen MR) is 106 cm³/mol. The number of amides is 1. The highest BCUT2D eigenvalue weighted by Gasteiger charge is 2.43. The van der Waals surface area contributed by atoms with Gasteiger partial charge in [0.1, 0.15) is 5.54 Å². The van der Waals surface area contributed by atoms with Crippen molar-refractivity contribution in [3.05, 3.63) is 40.3 Å². The lowest BCUT2D eigenvalue weighted by molar-refractivity contribution is -0.153. The topological polar surface area (TPSA) is 81.4 Å². The molecule has 1 aromatic carbocycles. The normalized spacial score (nSPS) is 15.4. The summed E-state index contributed by atoms with van der Waals surface area (Å²) in [5.74, 6) is 0.361. The fourth-order valence-electron chi connectivity index (χ4n) is 3.42. The second-order valence-electron chi connectivity index (χ2n) is 6.80. The smallest absolute Gasteiger partial charge is 0.331 e. The highest BCUT2D eigenvalue weighted by Crippen LogP contribution is 2.32. The Bertz CT molecular complexity index is 860. The van der Waals surface area contributed by atoms with E-state index in [0.29, 0.717) is 53.1 Å². The molecule has 28 heavy (non-hydrogen) atoms. The summed E-state index contributed by atoms with van der Waals surface area (Å²) in [4.78, 5) is 28.9. The maximum absolute atomic E-state index is 12.4. The lowest BCUT2D eigenvalue weighted by atomic mass is 9.97. The molecule has 0 bridgehead atoms. The Morgan fingerprint density at radius 2 is 2.04 bits per heavy atom. The summed E-state index contributed by atoms with van der Waals surface area (Å²) in [5.41, 5.74) is -0.215. The number of ether oxygens (including phenoxy) is 1. The van der Waals surface area contributed by atoms with Crippen LogP contribution in [0.5, 0.6) is 0 Å². The van der Waals surface area contributed by atoms with Crippen molar-refractivity contribution in [1.29, 1.82) is 0 Å². The summed E-state index contributed by atoms with van der Waals surface area (Å²) < 4.78 is 10.9. The average molecular weight is 425 g/mol. The van der Waals surface area contributed by atoms with E-state index in [1.165, 1.54) is 0 Å². The van der Waals surface area contributed by atoms with Crippen molar-refractivity contribution >= 4 is 35.1 Å². The van der Waals surface area contributed by atoms with Crippen LogP contribution in [0.4, 0.5) is 0 Å². The van der Waals surface area contributed by atoms with Gasteiger partial charge in [0.25, 0.3) is 0 Å². The minimum atomic E-state index is -0.897. The zero-order valence-electron chi connectivity index (χ0n) is 15.6. The largest absolute Gasteiger partial charge is 0.464 e. The number of nitrogens with zero attached hydrogens (tertiary/aromatic N) is 1. The molecule has 3 rings (SSSR count). The molecule has 1 amide bonds. The van der Waals surface area contributed by atoms with Crippen molar-refractivity contribution in [3.8, 4) is 11.3 Å². The Hall–Kier alpha value is -2.05. The Balaban J connectivity index is 1.60. The zero-order valence-corrected chi connectivity index (χ0v) is 17.1. The summed E-state index contributed by atoms with van der Waals surface area (Å²) in [6, 6.07) is 5.10. The fourth-order valence-corrected chi connectivity index (χ4v) is 3.92. The van der Waals surface area contributed by atoms with Crippen molar-refractivity contribution in [2.24, 2.45) is 0 Å². The molecule has 0 atom stereocenters. The number of halogens is 2. The van der Waals surface area contributed by atoms with Gasteiger partial charge in [0, 0.05) is 23.4 Å². The van der Waals surface area contributed by atoms with Crippen LogP contribution in [-0.2, 0) is 20.7 Å². The minimum Gasteiger partial charge on any atom is -0.464 e. The Labute approximate surface area is 173 Å². The van der Waals surface area contributed by atoms with Gasteiger partial charge < -0.3 is 14.5 Å². The maximum Gasteiger partial charge on any atom is 0.331 e. The SMILES string of the molecule is CCOC(=O)C1(NC(=O)CCc2ncc(-c3ccc(Cl)cc3Cl)o2)CCCC1. The fraction of sp³-hybridized carbons (Fsp3) is 0.450. The Kier molecular flexibility index (Phi) is 6.62. The Morgan fingerprint density at radius 3 is 2.71 bits per heavy atom. The highest BCUT2D eigenvalue weighted by molar-refractivity contribution is 6.36. The van der Waals surface area contributed by atoms with E-state index in [-0.39, 0.29) is 18.3 Å². The number of benzene rings is 1. The first-order chi connectivity index (χ1) is 13.4. The monoisotopic (exact) mass is 424 g/mol. The van der Waals surface area contributed by atoms with Crippen molar-refractivity contribution in [2.75, 3.05) is 6.61 Å². The van der Waals surface area contributed by atoms with Gasteiger partial charge in [0.05, 0.1) is 17.8 Å². The van der Waals surface area contributed by atoms with Crippen molar-refractivity contribution in [3.63, 3.8) is 0 Å². The quantitative estimate of drug-likeness (QED) is 0.657. The first-order valence-corrected chi connectivity index (χ1v) is 10.1. The molecule has 1 aliphatic carbocycles. The third-order valence-electron chi connectivity index (χ3n) is 4.82. The van der Waals surface area contributed by atoms with E-state index in [1.54, 1.807) is 31.3 Å². The number of carbonyl (C=O) groups is 2. The van der Waals surface area contributed by atoms with E-state index in [1.807, 2.05) is 0 Å². The minimum absolute atomic E-state index is 0.162. The molecule has 0 saturated heterocycles. The number of aryl methyl sites for hydroxylation is 1. The first kappa shape index (κ1) is 20.7. The molecule has 1 saturated carbocycles. The number of aromatic nitrogens is 1. The summed E-state index contributed by atoms with van der Waals surface area (Å²) in [7, 11) is 0. The third kappa shape index (κ3) is 4.67. The molecule has 1 heterocycles. The number of carbonyl (C=O) groups excluding carboxylic acids is 2. The van der Waals surface area contributed by atoms with E-state index < -0.39 is 5.54 Å². The predicted octanol–water partition coefficient (Wildman–Crippen LogP) is 4.57. The summed E-state index contributed by atoms with van der Waals surface area (Å²) in [6.07, 6.45) is 5.05. The molecule has 0 aliphatic heterocycles. The molecule has 0 spiro atoms. The number of rotatable bonds is 7. The van der Waals surface area contributed by atoms with Gasteiger partial charge in [-0.3, -0.25) is 4.79 Å². The molecular formula is C20H22Cl2N2O4. The molecule has 0 radical (unpaired) electrons. The van der Waals surface area contributed by atoms with Crippen LogP contribution in [0.15, 0.2) is 28.8 Å². The average Bonchev–Trinajstić information content (AvgIpc) is 3.30. The lowest BCUT2D eigenvalue weighted by Crippen LogP contribution is -2.53. The third-order valence-corrected chi connectivity index (χ3v) is 5.37. The van der Waals surface area contributed by atoms with E-state index >= 15 is 0 Å². The van der Waals surface area contributed by atoms with Gasteiger partial charge in [-0.05, 0) is 38.0 Å². The molecule has 8 heteroatoms. The van der Waals surface area contributed by atoms with Gasteiger partial charge in [-0.25, -0.2) is 9.78 Å². The molecule has 150 valence electrons. The van der Waals surface area contributed by atoms with E-state index in [9.17, 15) is 9.59 Å². The molecular weight excluding hydrogens is 403 g/mol. The number of oxazole rings is 1. The van der Waals surface area contributed by atoms with E-state index in [0.717, 1.165) is 12.8 Å². The number of hydrogen-bond donors (Lipinski definition) is 1. The van der Waals surface area contributed by atoms with Gasteiger partial charge >= 0.3 is 5.97 Å². The van der Waals surface area contributed by atoms with Crippen LogP contribution < -0.4 is 5.32 Å². The van der Waals surface area contributed by atoms with Gasteiger partial charge in [0.2, 0.25) is 5.91 Å². The van der Waals surface area contributed by atoms with Crippen molar-refractivity contribution in [2.45, 2.75) is 51.0 Å². The molecule has 1 aromatic heterocycles.